The van der Waals surface area contributed by atoms with Gasteiger partial charge in [-0.2, -0.15) is 0 Å². The number of nitrogens with zero attached hydrogens (tertiary/aromatic N) is 1. The fourth-order valence-corrected chi connectivity index (χ4v) is 2.36. The molecule has 0 radical (unpaired) electrons. The van der Waals surface area contributed by atoms with Crippen LogP contribution in [0.15, 0.2) is 36.4 Å². The van der Waals surface area contributed by atoms with Gasteiger partial charge in [-0.25, -0.2) is 9.78 Å². The largest absolute Gasteiger partial charge is 0.481 e. The van der Waals surface area contributed by atoms with Crippen molar-refractivity contribution in [1.29, 1.82) is 0 Å². The monoisotopic (exact) mass is 407 g/mol. The first-order chi connectivity index (χ1) is 13.5. The molecule has 0 aliphatic rings. The summed E-state index contributed by atoms with van der Waals surface area (Å²) in [6.07, 6.45) is -1.86. The van der Waals surface area contributed by atoms with Crippen molar-refractivity contribution in [3.8, 4) is 0 Å². The number of aromatic nitrogens is 1. The van der Waals surface area contributed by atoms with Crippen LogP contribution < -0.4 is 0 Å². The normalized spacial score (nSPS) is 12.1. The smallest absolute Gasteiger partial charge is 0.354 e. The van der Waals surface area contributed by atoms with Gasteiger partial charge in [0.15, 0.2) is 0 Å². The summed E-state index contributed by atoms with van der Waals surface area (Å²) in [5.41, 5.74) is 0.793. The second-order valence-electron chi connectivity index (χ2n) is 5.78. The number of carboxylic acid groups (broad SMARTS) is 5. The highest BCUT2D eigenvalue weighted by Gasteiger charge is 2.36. The molecule has 2 rings (SSSR count). The molecule has 5 N–H and O–H groups in total. The van der Waals surface area contributed by atoms with E-state index in [0.717, 1.165) is 5.39 Å². The van der Waals surface area contributed by atoms with Crippen LogP contribution in [0.5, 0.6) is 0 Å². The van der Waals surface area contributed by atoms with E-state index in [4.69, 9.17) is 25.5 Å². The highest BCUT2D eigenvalue weighted by Crippen LogP contribution is 2.21. The number of carbonyl (C=O) groups is 5. The van der Waals surface area contributed by atoms with Gasteiger partial charge in [0, 0.05) is 5.39 Å². The van der Waals surface area contributed by atoms with E-state index >= 15 is 0 Å². The minimum absolute atomic E-state index is 0.0821. The SMILES string of the molecule is O=C(O)CC(C(=O)O)C(CC(=O)O)C(=O)O.O=C(O)c1ccc2ccccc2n1. The third-order valence-electron chi connectivity index (χ3n) is 3.73. The predicted molar refractivity (Wildman–Crippen MR) is 95.5 cm³/mol. The van der Waals surface area contributed by atoms with Gasteiger partial charge >= 0.3 is 29.8 Å². The molecule has 1 aromatic heterocycles. The molecule has 0 saturated heterocycles. The van der Waals surface area contributed by atoms with E-state index in [1.807, 2.05) is 18.2 Å². The Hall–Kier alpha value is -4.02. The summed E-state index contributed by atoms with van der Waals surface area (Å²) in [5.74, 6) is -10.8. The van der Waals surface area contributed by atoms with Gasteiger partial charge in [0.25, 0.3) is 0 Å². The molecule has 11 nitrogen and oxygen atoms in total. The fourth-order valence-electron chi connectivity index (χ4n) is 2.36. The van der Waals surface area contributed by atoms with Gasteiger partial charge in [-0.05, 0) is 12.1 Å². The fraction of sp³-hybridized carbons (Fsp3) is 0.222. The van der Waals surface area contributed by atoms with Crippen LogP contribution in [0.2, 0.25) is 0 Å². The van der Waals surface area contributed by atoms with Crippen LogP contribution in [0.3, 0.4) is 0 Å². The van der Waals surface area contributed by atoms with Gasteiger partial charge in [-0.3, -0.25) is 19.2 Å². The van der Waals surface area contributed by atoms with E-state index in [1.54, 1.807) is 12.1 Å². The lowest BCUT2D eigenvalue weighted by Gasteiger charge is -2.16. The van der Waals surface area contributed by atoms with Crippen LogP contribution in [-0.4, -0.2) is 60.4 Å². The van der Waals surface area contributed by atoms with Crippen molar-refractivity contribution in [2.45, 2.75) is 12.8 Å². The van der Waals surface area contributed by atoms with Crippen molar-refractivity contribution in [3.63, 3.8) is 0 Å². The summed E-state index contributed by atoms with van der Waals surface area (Å²) in [4.78, 5) is 56.5. The Morgan fingerprint density at radius 1 is 0.724 bits per heavy atom. The molecular weight excluding hydrogens is 390 g/mol. The molecule has 0 spiro atoms. The maximum Gasteiger partial charge on any atom is 0.354 e. The average Bonchev–Trinajstić information content (AvgIpc) is 2.63. The Bertz CT molecular complexity index is 907. The molecule has 0 aliphatic carbocycles. The van der Waals surface area contributed by atoms with Gasteiger partial charge in [-0.1, -0.05) is 24.3 Å². The summed E-state index contributed by atoms with van der Waals surface area (Å²) in [6.45, 7) is 0. The van der Waals surface area contributed by atoms with Crippen molar-refractivity contribution in [2.24, 2.45) is 11.8 Å². The van der Waals surface area contributed by atoms with Gasteiger partial charge in [0.2, 0.25) is 0 Å². The number of benzene rings is 1. The van der Waals surface area contributed by atoms with Crippen molar-refractivity contribution >= 4 is 40.7 Å². The molecule has 0 saturated carbocycles. The lowest BCUT2D eigenvalue weighted by atomic mass is 9.87. The van der Waals surface area contributed by atoms with Crippen LogP contribution in [0, 0.1) is 11.8 Å². The Kier molecular flexibility index (Phi) is 8.22. The molecule has 0 amide bonds. The van der Waals surface area contributed by atoms with Crippen LogP contribution in [0.4, 0.5) is 0 Å². The van der Waals surface area contributed by atoms with E-state index in [0.29, 0.717) is 5.52 Å². The first kappa shape index (κ1) is 23.0. The molecule has 1 aromatic carbocycles. The highest BCUT2D eigenvalue weighted by molar-refractivity contribution is 5.89. The van der Waals surface area contributed by atoms with Gasteiger partial charge < -0.3 is 25.5 Å². The number of carboxylic acids is 5. The molecule has 2 aromatic rings. The number of pyridine rings is 1. The molecule has 11 heteroatoms. The summed E-state index contributed by atoms with van der Waals surface area (Å²) in [6, 6.07) is 10.7. The molecule has 29 heavy (non-hydrogen) atoms. The molecule has 0 bridgehead atoms. The van der Waals surface area contributed by atoms with E-state index in [1.165, 1.54) is 6.07 Å². The van der Waals surface area contributed by atoms with Crippen LogP contribution in [-0.2, 0) is 19.2 Å². The van der Waals surface area contributed by atoms with E-state index in [2.05, 4.69) is 4.98 Å². The average molecular weight is 407 g/mol. The van der Waals surface area contributed by atoms with E-state index < -0.39 is 54.5 Å². The quantitative estimate of drug-likeness (QED) is 0.422. The maximum atomic E-state index is 10.6. The Labute approximate surface area is 162 Å². The van der Waals surface area contributed by atoms with Gasteiger partial charge in [-0.15, -0.1) is 0 Å². The first-order valence-corrected chi connectivity index (χ1v) is 8.01. The zero-order chi connectivity index (χ0) is 22.1. The Balaban J connectivity index is 0.000000294. The summed E-state index contributed by atoms with van der Waals surface area (Å²) < 4.78 is 0. The number of fused-ring (bicyclic) bond motifs is 1. The number of aromatic carboxylic acids is 1. The van der Waals surface area contributed by atoms with E-state index in [9.17, 15) is 24.0 Å². The van der Waals surface area contributed by atoms with Gasteiger partial charge in [0.1, 0.15) is 5.69 Å². The summed E-state index contributed by atoms with van der Waals surface area (Å²) >= 11 is 0. The number of rotatable bonds is 8. The molecule has 2 atom stereocenters. The standard InChI is InChI=1S/C10H7NO2.C8H10O8/c12-10(13)9-6-5-7-3-1-2-4-8(7)11-9;9-5(10)1-3(7(13)14)4(8(15)16)2-6(11)12/h1-6H,(H,12,13);3-4H,1-2H2,(H,9,10)(H,11,12)(H,13,14)(H,15,16). The molecule has 0 aliphatic heterocycles. The third-order valence-corrected chi connectivity index (χ3v) is 3.73. The zero-order valence-corrected chi connectivity index (χ0v) is 14.8. The number of hydrogen-bond donors (Lipinski definition) is 5. The summed E-state index contributed by atoms with van der Waals surface area (Å²) in [5, 5.41) is 43.7. The number of hydrogen-bond acceptors (Lipinski definition) is 6. The second kappa shape index (κ2) is 10.3. The minimum atomic E-state index is -1.76. The number of aliphatic carboxylic acids is 4. The summed E-state index contributed by atoms with van der Waals surface area (Å²) in [7, 11) is 0. The lowest BCUT2D eigenvalue weighted by Crippen LogP contribution is -2.33. The minimum Gasteiger partial charge on any atom is -0.481 e. The van der Waals surface area contributed by atoms with Crippen molar-refractivity contribution in [2.75, 3.05) is 0 Å². The lowest BCUT2D eigenvalue weighted by molar-refractivity contribution is -0.160. The first-order valence-electron chi connectivity index (χ1n) is 8.01. The molecular formula is C18H17NO10. The van der Waals surface area contributed by atoms with Crippen molar-refractivity contribution in [1.82, 2.24) is 4.98 Å². The van der Waals surface area contributed by atoms with Crippen LogP contribution in [0.25, 0.3) is 10.9 Å². The van der Waals surface area contributed by atoms with Crippen LogP contribution >= 0.6 is 0 Å². The molecule has 1 heterocycles. The highest BCUT2D eigenvalue weighted by atomic mass is 16.4. The Morgan fingerprint density at radius 3 is 1.62 bits per heavy atom. The topological polar surface area (TPSA) is 199 Å². The second-order valence-corrected chi connectivity index (χ2v) is 5.78. The zero-order valence-electron chi connectivity index (χ0n) is 14.8. The van der Waals surface area contributed by atoms with Crippen molar-refractivity contribution in [3.05, 3.63) is 42.1 Å². The van der Waals surface area contributed by atoms with Crippen molar-refractivity contribution < 1.29 is 49.5 Å². The van der Waals surface area contributed by atoms with E-state index in [-0.39, 0.29) is 5.69 Å². The third kappa shape index (κ3) is 7.25. The van der Waals surface area contributed by atoms with Crippen LogP contribution in [0.1, 0.15) is 23.3 Å². The Morgan fingerprint density at radius 2 is 1.21 bits per heavy atom. The maximum absolute atomic E-state index is 10.6. The predicted octanol–water partition coefficient (Wildman–Crippen LogP) is 1.27. The molecule has 2 unspecified atom stereocenters. The molecule has 0 fully saturated rings. The number of para-hydroxylation sites is 1. The van der Waals surface area contributed by atoms with Gasteiger partial charge in [0.05, 0.1) is 30.2 Å². The molecule has 154 valence electrons.